The van der Waals surface area contributed by atoms with Gasteiger partial charge in [-0.1, -0.05) is 37.3 Å². The van der Waals surface area contributed by atoms with Gasteiger partial charge in [-0.2, -0.15) is 5.10 Å². The van der Waals surface area contributed by atoms with E-state index in [1.807, 2.05) is 24.3 Å². The Morgan fingerprint density at radius 2 is 2.11 bits per heavy atom. The number of carboxylic acid groups (broad SMARTS) is 1. The molecular weight excluding hydrogens is 364 g/mol. The number of hydrogen-bond donors (Lipinski definition) is 2. The van der Waals surface area contributed by atoms with Crippen molar-refractivity contribution in [2.45, 2.75) is 19.8 Å². The van der Waals surface area contributed by atoms with Gasteiger partial charge < -0.3 is 10.4 Å². The molecule has 1 aromatic carbocycles. The maximum absolute atomic E-state index is 11.5. The lowest BCUT2D eigenvalue weighted by atomic mass is 10.2. The third kappa shape index (κ3) is 3.24. The van der Waals surface area contributed by atoms with E-state index in [1.165, 1.54) is 16.9 Å². The van der Waals surface area contributed by atoms with Gasteiger partial charge in [0.15, 0.2) is 5.82 Å². The van der Waals surface area contributed by atoms with E-state index < -0.39 is 5.97 Å². The number of benzene rings is 1. The van der Waals surface area contributed by atoms with Crippen LogP contribution in [0.1, 0.15) is 35.1 Å². The Balaban J connectivity index is 1.70. The lowest BCUT2D eigenvalue weighted by molar-refractivity contribution is 0.0699. The normalized spacial score (nSPS) is 11.2. The SMILES string of the molecule is CC(C)c1nnc(-c2cccc(Nc3ncnn4ccc(C(=O)O)c34)c2)s1. The number of aromatic carboxylic acids is 1. The number of hydrogen-bond acceptors (Lipinski definition) is 7. The van der Waals surface area contributed by atoms with Crippen LogP contribution in [0.2, 0.25) is 0 Å². The summed E-state index contributed by atoms with van der Waals surface area (Å²) in [6.45, 7) is 4.17. The molecule has 0 amide bonds. The average molecular weight is 380 g/mol. The predicted molar refractivity (Wildman–Crippen MR) is 103 cm³/mol. The van der Waals surface area contributed by atoms with Crippen LogP contribution in [-0.4, -0.2) is 35.9 Å². The lowest BCUT2D eigenvalue weighted by Crippen LogP contribution is -2.03. The zero-order valence-corrected chi connectivity index (χ0v) is 15.4. The molecule has 3 heterocycles. The summed E-state index contributed by atoms with van der Waals surface area (Å²) >= 11 is 1.56. The van der Waals surface area contributed by atoms with Gasteiger partial charge in [0.05, 0.1) is 5.56 Å². The first kappa shape index (κ1) is 17.1. The second-order valence-electron chi connectivity index (χ2n) is 6.24. The quantitative estimate of drug-likeness (QED) is 0.542. The second kappa shape index (κ2) is 6.76. The Morgan fingerprint density at radius 1 is 1.26 bits per heavy atom. The molecule has 4 rings (SSSR count). The number of nitrogens with zero attached hydrogens (tertiary/aromatic N) is 5. The first-order valence-electron chi connectivity index (χ1n) is 8.29. The summed E-state index contributed by atoms with van der Waals surface area (Å²) in [6, 6.07) is 9.19. The van der Waals surface area contributed by atoms with E-state index in [0.717, 1.165) is 21.3 Å². The van der Waals surface area contributed by atoms with Crippen LogP contribution >= 0.6 is 11.3 Å². The van der Waals surface area contributed by atoms with Crippen molar-refractivity contribution in [1.82, 2.24) is 24.8 Å². The molecule has 0 bridgehead atoms. The minimum Gasteiger partial charge on any atom is -0.478 e. The first-order chi connectivity index (χ1) is 13.0. The van der Waals surface area contributed by atoms with Crippen molar-refractivity contribution >= 4 is 34.3 Å². The highest BCUT2D eigenvalue weighted by Crippen LogP contribution is 2.30. The summed E-state index contributed by atoms with van der Waals surface area (Å²) in [5.41, 5.74) is 2.25. The minimum absolute atomic E-state index is 0.139. The molecule has 0 radical (unpaired) electrons. The fourth-order valence-electron chi connectivity index (χ4n) is 2.67. The van der Waals surface area contributed by atoms with Gasteiger partial charge in [0, 0.05) is 23.4 Å². The van der Waals surface area contributed by atoms with E-state index in [0.29, 0.717) is 17.3 Å². The molecule has 0 saturated heterocycles. The van der Waals surface area contributed by atoms with Crippen molar-refractivity contribution in [3.05, 3.63) is 53.4 Å². The van der Waals surface area contributed by atoms with Crippen LogP contribution in [0.25, 0.3) is 16.1 Å². The smallest absolute Gasteiger partial charge is 0.338 e. The maximum Gasteiger partial charge on any atom is 0.338 e. The van der Waals surface area contributed by atoms with E-state index in [4.69, 9.17) is 0 Å². The lowest BCUT2D eigenvalue weighted by Gasteiger charge is -2.08. The van der Waals surface area contributed by atoms with Crippen molar-refractivity contribution in [3.8, 4) is 10.6 Å². The Bertz CT molecular complexity index is 1130. The predicted octanol–water partition coefficient (Wildman–Crippen LogP) is 3.81. The van der Waals surface area contributed by atoms with Crippen molar-refractivity contribution in [3.63, 3.8) is 0 Å². The van der Waals surface area contributed by atoms with E-state index in [2.05, 4.69) is 39.4 Å². The van der Waals surface area contributed by atoms with Crippen LogP contribution in [-0.2, 0) is 0 Å². The number of rotatable bonds is 5. The highest BCUT2D eigenvalue weighted by molar-refractivity contribution is 7.14. The maximum atomic E-state index is 11.5. The fourth-order valence-corrected chi connectivity index (χ4v) is 3.51. The van der Waals surface area contributed by atoms with Gasteiger partial charge in [0.2, 0.25) is 0 Å². The van der Waals surface area contributed by atoms with Gasteiger partial charge in [0.1, 0.15) is 21.9 Å². The molecule has 27 heavy (non-hydrogen) atoms. The molecule has 0 aliphatic heterocycles. The largest absolute Gasteiger partial charge is 0.478 e. The van der Waals surface area contributed by atoms with Crippen LogP contribution in [0, 0.1) is 0 Å². The summed E-state index contributed by atoms with van der Waals surface area (Å²) < 4.78 is 1.49. The molecule has 0 spiro atoms. The molecule has 136 valence electrons. The van der Waals surface area contributed by atoms with Crippen molar-refractivity contribution in [2.24, 2.45) is 0 Å². The fraction of sp³-hybridized carbons (Fsp3) is 0.167. The molecule has 0 saturated carbocycles. The molecule has 2 N–H and O–H groups in total. The van der Waals surface area contributed by atoms with Gasteiger partial charge in [-0.15, -0.1) is 10.2 Å². The molecule has 0 fully saturated rings. The first-order valence-corrected chi connectivity index (χ1v) is 9.11. The third-order valence-electron chi connectivity index (χ3n) is 3.99. The van der Waals surface area contributed by atoms with E-state index >= 15 is 0 Å². The second-order valence-corrected chi connectivity index (χ2v) is 7.25. The van der Waals surface area contributed by atoms with Crippen molar-refractivity contribution in [1.29, 1.82) is 0 Å². The van der Waals surface area contributed by atoms with Gasteiger partial charge in [-0.25, -0.2) is 14.3 Å². The molecule has 8 nitrogen and oxygen atoms in total. The van der Waals surface area contributed by atoms with E-state index in [-0.39, 0.29) is 5.56 Å². The number of carbonyl (C=O) groups is 1. The Labute approximate surface area is 158 Å². The summed E-state index contributed by atoms with van der Waals surface area (Å²) in [5, 5.41) is 27.0. The molecule has 0 aliphatic rings. The average Bonchev–Trinajstić information content (AvgIpc) is 3.30. The zero-order valence-electron chi connectivity index (χ0n) is 14.6. The molecule has 0 atom stereocenters. The standard InChI is InChI=1S/C18H16N6O2S/c1-10(2)16-22-23-17(27-16)11-4-3-5-12(8-11)21-15-14-13(18(25)26)6-7-24(14)20-9-19-15/h3-10H,1-2H3,(H,25,26)(H,19,20,21). The number of carboxylic acids is 1. The van der Waals surface area contributed by atoms with Crippen LogP contribution in [0.15, 0.2) is 42.9 Å². The number of nitrogens with one attached hydrogen (secondary N) is 1. The highest BCUT2D eigenvalue weighted by atomic mass is 32.1. The summed E-state index contributed by atoms with van der Waals surface area (Å²) in [5.74, 6) is -0.278. The molecule has 0 unspecified atom stereocenters. The zero-order chi connectivity index (χ0) is 19.0. The van der Waals surface area contributed by atoms with Gasteiger partial charge in [0.25, 0.3) is 0 Å². The van der Waals surface area contributed by atoms with Crippen molar-refractivity contribution in [2.75, 3.05) is 5.32 Å². The summed E-state index contributed by atoms with van der Waals surface area (Å²) in [4.78, 5) is 15.7. The molecule has 4 aromatic rings. The van der Waals surface area contributed by atoms with Crippen LogP contribution in [0.3, 0.4) is 0 Å². The van der Waals surface area contributed by atoms with Gasteiger partial charge in [-0.05, 0) is 18.2 Å². The van der Waals surface area contributed by atoms with Gasteiger partial charge in [-0.3, -0.25) is 0 Å². The number of aromatic nitrogens is 5. The Morgan fingerprint density at radius 3 is 2.85 bits per heavy atom. The molecular formula is C18H16N6O2S. The summed E-state index contributed by atoms with van der Waals surface area (Å²) in [6.07, 6.45) is 2.97. The molecule has 9 heteroatoms. The highest BCUT2D eigenvalue weighted by Gasteiger charge is 2.16. The Hall–Kier alpha value is -3.33. The number of anilines is 2. The molecule has 3 aromatic heterocycles. The Kier molecular flexibility index (Phi) is 4.28. The van der Waals surface area contributed by atoms with Crippen LogP contribution in [0.4, 0.5) is 11.5 Å². The monoisotopic (exact) mass is 380 g/mol. The minimum atomic E-state index is -1.03. The topological polar surface area (TPSA) is 105 Å². The number of fused-ring (bicyclic) bond motifs is 1. The third-order valence-corrected chi connectivity index (χ3v) is 5.26. The van der Waals surface area contributed by atoms with Crippen LogP contribution < -0.4 is 5.32 Å². The van der Waals surface area contributed by atoms with E-state index in [9.17, 15) is 9.90 Å². The van der Waals surface area contributed by atoms with Gasteiger partial charge >= 0.3 is 5.97 Å². The summed E-state index contributed by atoms with van der Waals surface area (Å²) in [7, 11) is 0. The van der Waals surface area contributed by atoms with E-state index in [1.54, 1.807) is 17.5 Å². The van der Waals surface area contributed by atoms with Crippen molar-refractivity contribution < 1.29 is 9.90 Å². The van der Waals surface area contributed by atoms with Crippen LogP contribution in [0.5, 0.6) is 0 Å². The molecule has 0 aliphatic carbocycles.